The highest BCUT2D eigenvalue weighted by atomic mass is 35.5. The van der Waals surface area contributed by atoms with Crippen molar-refractivity contribution in [1.29, 1.82) is 0 Å². The molecule has 1 aromatic carbocycles. The molecule has 1 aromatic rings. The molecule has 0 radical (unpaired) electrons. The Hall–Kier alpha value is -1.10. The van der Waals surface area contributed by atoms with Crippen LogP contribution < -0.4 is 11.1 Å². The molecule has 0 unspecified atom stereocenters. The quantitative estimate of drug-likeness (QED) is 0.893. The van der Waals surface area contributed by atoms with E-state index in [9.17, 15) is 4.79 Å². The van der Waals surface area contributed by atoms with Gasteiger partial charge in [-0.05, 0) is 37.0 Å². The zero-order valence-electron chi connectivity index (χ0n) is 11.1. The van der Waals surface area contributed by atoms with Crippen molar-refractivity contribution < 1.29 is 9.53 Å². The molecule has 1 amide bonds. The van der Waals surface area contributed by atoms with Crippen LogP contribution in [0, 0.1) is 0 Å². The average molecular weight is 285 g/mol. The summed E-state index contributed by atoms with van der Waals surface area (Å²) in [7, 11) is 0. The Bertz CT molecular complexity index is 414. The van der Waals surface area contributed by atoms with E-state index in [4.69, 9.17) is 10.5 Å². The minimum absolute atomic E-state index is 0. The molecule has 1 heterocycles. The third-order valence-corrected chi connectivity index (χ3v) is 3.46. The number of nitrogens with one attached hydrogen (secondary N) is 1. The summed E-state index contributed by atoms with van der Waals surface area (Å²) in [6.07, 6.45) is 2.14. The van der Waals surface area contributed by atoms with Crippen molar-refractivity contribution in [2.75, 3.05) is 18.5 Å². The number of rotatable bonds is 3. The molecule has 0 spiro atoms. The Morgan fingerprint density at radius 1 is 1.32 bits per heavy atom. The van der Waals surface area contributed by atoms with Crippen molar-refractivity contribution >= 4 is 24.0 Å². The van der Waals surface area contributed by atoms with E-state index < -0.39 is 5.54 Å². The van der Waals surface area contributed by atoms with Gasteiger partial charge in [0.05, 0.1) is 0 Å². The summed E-state index contributed by atoms with van der Waals surface area (Å²) in [5.41, 5.74) is 7.38. The highest BCUT2D eigenvalue weighted by molar-refractivity contribution is 5.98. The van der Waals surface area contributed by atoms with Crippen molar-refractivity contribution in [3.8, 4) is 0 Å². The molecule has 1 saturated heterocycles. The van der Waals surface area contributed by atoms with Crippen molar-refractivity contribution in [2.45, 2.75) is 31.7 Å². The molecule has 0 bridgehead atoms. The van der Waals surface area contributed by atoms with Gasteiger partial charge < -0.3 is 15.8 Å². The molecular weight excluding hydrogens is 264 g/mol. The summed E-state index contributed by atoms with van der Waals surface area (Å²) in [5.74, 6) is -0.116. The zero-order chi connectivity index (χ0) is 13.0. The zero-order valence-corrected chi connectivity index (χ0v) is 12.0. The fraction of sp³-hybridized carbons (Fsp3) is 0.500. The summed E-state index contributed by atoms with van der Waals surface area (Å²) in [5, 5.41) is 2.88. The van der Waals surface area contributed by atoms with Crippen LogP contribution in [0.2, 0.25) is 0 Å². The van der Waals surface area contributed by atoms with Crippen molar-refractivity contribution in [1.82, 2.24) is 0 Å². The molecule has 1 aliphatic rings. The number of halogens is 1. The van der Waals surface area contributed by atoms with Gasteiger partial charge in [-0.15, -0.1) is 12.4 Å². The maximum absolute atomic E-state index is 12.2. The number of aryl methyl sites for hydroxylation is 1. The standard InChI is InChI=1S/C14H20N2O2.ClH/c1-2-11-3-5-12(6-4-11)16-13(17)14(15)7-9-18-10-8-14;/h3-6H,2,7-10,15H2,1H3,(H,16,17);1H. The number of benzene rings is 1. The van der Waals surface area contributed by atoms with Gasteiger partial charge in [-0.3, -0.25) is 4.79 Å². The lowest BCUT2D eigenvalue weighted by atomic mass is 9.90. The van der Waals surface area contributed by atoms with Gasteiger partial charge in [0.1, 0.15) is 5.54 Å². The van der Waals surface area contributed by atoms with E-state index in [2.05, 4.69) is 12.2 Å². The highest BCUT2D eigenvalue weighted by Crippen LogP contribution is 2.20. The predicted octanol–water partition coefficient (Wildman–Crippen LogP) is 2.12. The van der Waals surface area contributed by atoms with E-state index in [1.54, 1.807) is 0 Å². The molecule has 1 aliphatic heterocycles. The van der Waals surface area contributed by atoms with Crippen LogP contribution in [-0.4, -0.2) is 24.7 Å². The first-order valence-electron chi connectivity index (χ1n) is 6.41. The second kappa shape index (κ2) is 6.89. The first kappa shape index (κ1) is 16.0. The summed E-state index contributed by atoms with van der Waals surface area (Å²) >= 11 is 0. The molecule has 2 rings (SSSR count). The Balaban J connectivity index is 0.00000180. The van der Waals surface area contributed by atoms with Crippen LogP contribution in [0.25, 0.3) is 0 Å². The molecule has 4 nitrogen and oxygen atoms in total. The minimum Gasteiger partial charge on any atom is -0.381 e. The molecule has 0 aromatic heterocycles. The Labute approximate surface area is 120 Å². The number of carbonyl (C=O) groups excluding carboxylic acids is 1. The third-order valence-electron chi connectivity index (χ3n) is 3.46. The molecule has 19 heavy (non-hydrogen) atoms. The Kier molecular flexibility index (Phi) is 5.79. The predicted molar refractivity (Wildman–Crippen MR) is 78.7 cm³/mol. The SMILES string of the molecule is CCc1ccc(NC(=O)C2(N)CCOCC2)cc1.Cl. The first-order valence-corrected chi connectivity index (χ1v) is 6.41. The van der Waals surface area contributed by atoms with Crippen LogP contribution in [-0.2, 0) is 16.0 Å². The molecule has 0 aliphatic carbocycles. The van der Waals surface area contributed by atoms with Gasteiger partial charge in [-0.2, -0.15) is 0 Å². The van der Waals surface area contributed by atoms with Gasteiger partial charge in [-0.25, -0.2) is 0 Å². The fourth-order valence-corrected chi connectivity index (χ4v) is 2.04. The Morgan fingerprint density at radius 2 is 1.89 bits per heavy atom. The van der Waals surface area contributed by atoms with Crippen molar-refractivity contribution in [2.24, 2.45) is 5.73 Å². The minimum atomic E-state index is -0.790. The largest absolute Gasteiger partial charge is 0.381 e. The lowest BCUT2D eigenvalue weighted by Gasteiger charge is -2.31. The van der Waals surface area contributed by atoms with Crippen LogP contribution in [0.15, 0.2) is 24.3 Å². The van der Waals surface area contributed by atoms with Gasteiger partial charge in [-0.1, -0.05) is 19.1 Å². The number of hydrogen-bond acceptors (Lipinski definition) is 3. The second-order valence-corrected chi connectivity index (χ2v) is 4.77. The number of hydrogen-bond donors (Lipinski definition) is 2. The number of anilines is 1. The first-order chi connectivity index (χ1) is 8.64. The molecule has 0 saturated carbocycles. The number of amides is 1. The van der Waals surface area contributed by atoms with Crippen LogP contribution >= 0.6 is 12.4 Å². The second-order valence-electron chi connectivity index (χ2n) is 4.77. The van der Waals surface area contributed by atoms with E-state index in [0.717, 1.165) is 12.1 Å². The third kappa shape index (κ3) is 3.93. The van der Waals surface area contributed by atoms with Gasteiger partial charge >= 0.3 is 0 Å². The van der Waals surface area contributed by atoms with Crippen molar-refractivity contribution in [3.63, 3.8) is 0 Å². The summed E-state index contributed by atoms with van der Waals surface area (Å²) in [6.45, 7) is 3.21. The van der Waals surface area contributed by atoms with E-state index in [0.29, 0.717) is 26.1 Å². The summed E-state index contributed by atoms with van der Waals surface area (Å²) < 4.78 is 5.24. The summed E-state index contributed by atoms with van der Waals surface area (Å²) in [6, 6.07) is 7.87. The normalized spacial score (nSPS) is 17.4. The molecule has 5 heteroatoms. The Morgan fingerprint density at radius 3 is 2.42 bits per heavy atom. The lowest BCUT2D eigenvalue weighted by Crippen LogP contribution is -2.54. The molecular formula is C14H21ClN2O2. The van der Waals surface area contributed by atoms with Crippen LogP contribution in [0.4, 0.5) is 5.69 Å². The molecule has 106 valence electrons. The molecule has 1 fully saturated rings. The molecule has 0 atom stereocenters. The van der Waals surface area contributed by atoms with Gasteiger partial charge in [0, 0.05) is 18.9 Å². The fourth-order valence-electron chi connectivity index (χ4n) is 2.04. The highest BCUT2D eigenvalue weighted by Gasteiger charge is 2.35. The van der Waals surface area contributed by atoms with E-state index in [-0.39, 0.29) is 18.3 Å². The monoisotopic (exact) mass is 284 g/mol. The number of nitrogens with two attached hydrogens (primary N) is 1. The average Bonchev–Trinajstić information content (AvgIpc) is 2.40. The van der Waals surface area contributed by atoms with Gasteiger partial charge in [0.15, 0.2) is 0 Å². The van der Waals surface area contributed by atoms with Crippen molar-refractivity contribution in [3.05, 3.63) is 29.8 Å². The van der Waals surface area contributed by atoms with Crippen LogP contribution in [0.1, 0.15) is 25.3 Å². The van der Waals surface area contributed by atoms with E-state index >= 15 is 0 Å². The smallest absolute Gasteiger partial charge is 0.244 e. The maximum atomic E-state index is 12.2. The topological polar surface area (TPSA) is 64.4 Å². The van der Waals surface area contributed by atoms with Gasteiger partial charge in [0.2, 0.25) is 5.91 Å². The van der Waals surface area contributed by atoms with E-state index in [1.165, 1.54) is 5.56 Å². The van der Waals surface area contributed by atoms with Crippen LogP contribution in [0.3, 0.4) is 0 Å². The maximum Gasteiger partial charge on any atom is 0.244 e. The number of ether oxygens (including phenoxy) is 1. The summed E-state index contributed by atoms with van der Waals surface area (Å²) in [4.78, 5) is 12.2. The van der Waals surface area contributed by atoms with Crippen LogP contribution in [0.5, 0.6) is 0 Å². The number of carbonyl (C=O) groups is 1. The molecule has 3 N–H and O–H groups in total. The van der Waals surface area contributed by atoms with Gasteiger partial charge in [0.25, 0.3) is 0 Å². The lowest BCUT2D eigenvalue weighted by molar-refractivity contribution is -0.124. The van der Waals surface area contributed by atoms with E-state index in [1.807, 2.05) is 24.3 Å².